The second-order valence-corrected chi connectivity index (χ2v) is 6.52. The number of anilines is 1. The molecule has 1 aliphatic heterocycles. The van der Waals surface area contributed by atoms with Crippen LogP contribution in [0.2, 0.25) is 5.02 Å². The molecular weight excluding hydrogens is 352 g/mol. The Kier molecular flexibility index (Phi) is 4.77. The van der Waals surface area contributed by atoms with E-state index in [-0.39, 0.29) is 6.23 Å². The van der Waals surface area contributed by atoms with Crippen molar-refractivity contribution in [2.45, 2.75) is 12.8 Å². The third-order valence-corrected chi connectivity index (χ3v) is 4.60. The lowest BCUT2D eigenvalue weighted by Gasteiger charge is -2.23. The summed E-state index contributed by atoms with van der Waals surface area (Å²) in [6.45, 7) is 2.07. The van der Waals surface area contributed by atoms with E-state index in [1.54, 1.807) is 7.11 Å². The summed E-state index contributed by atoms with van der Waals surface area (Å²) in [5, 5.41) is 9.29. The Morgan fingerprint density at radius 2 is 2.08 bits per heavy atom. The predicted molar refractivity (Wildman–Crippen MR) is 99.6 cm³/mol. The molecule has 1 fully saturated rings. The van der Waals surface area contributed by atoms with Crippen LogP contribution in [-0.4, -0.2) is 35.3 Å². The monoisotopic (exact) mass is 370 g/mol. The number of ether oxygens (including phenoxy) is 2. The summed E-state index contributed by atoms with van der Waals surface area (Å²) in [6, 6.07) is 15.7. The first-order valence-corrected chi connectivity index (χ1v) is 8.77. The Hall–Kier alpha value is -2.57. The van der Waals surface area contributed by atoms with Crippen LogP contribution >= 0.6 is 11.6 Å². The van der Waals surface area contributed by atoms with Gasteiger partial charge >= 0.3 is 0 Å². The van der Waals surface area contributed by atoms with Crippen LogP contribution in [0.1, 0.15) is 17.5 Å². The number of rotatable bonds is 5. The zero-order valence-electron chi connectivity index (χ0n) is 14.4. The molecule has 0 radical (unpaired) electrons. The number of methoxy groups -OCH3 is 1. The third-order valence-electron chi connectivity index (χ3n) is 4.34. The molecule has 1 unspecified atom stereocenters. The van der Waals surface area contributed by atoms with Gasteiger partial charge in [-0.05, 0) is 29.8 Å². The minimum Gasteiger partial charge on any atom is -0.497 e. The van der Waals surface area contributed by atoms with Crippen LogP contribution in [0.4, 0.5) is 5.69 Å². The molecule has 0 amide bonds. The summed E-state index contributed by atoms with van der Waals surface area (Å²) in [5.74, 6) is 0.819. The van der Waals surface area contributed by atoms with E-state index in [2.05, 4.69) is 15.2 Å². The summed E-state index contributed by atoms with van der Waals surface area (Å²) in [5.41, 5.74) is 2.95. The summed E-state index contributed by atoms with van der Waals surface area (Å²) in [4.78, 5) is 2.17. The molecule has 7 heteroatoms. The molecule has 0 bridgehead atoms. The van der Waals surface area contributed by atoms with E-state index in [1.165, 1.54) is 0 Å². The molecule has 0 aliphatic carbocycles. The number of benzene rings is 2. The SMILES string of the molecule is COc1cccc(N2CCOC2c2cn(Cc3ccc(Cl)cc3)nn2)c1. The molecular formula is C19H19ClN4O2. The maximum atomic E-state index is 5.93. The number of hydrogen-bond acceptors (Lipinski definition) is 5. The first-order valence-electron chi connectivity index (χ1n) is 8.40. The molecule has 0 saturated carbocycles. The number of nitrogens with zero attached hydrogens (tertiary/aromatic N) is 4. The normalized spacial score (nSPS) is 16.8. The molecule has 0 N–H and O–H groups in total. The van der Waals surface area contributed by atoms with Crippen molar-refractivity contribution in [3.8, 4) is 5.75 Å². The van der Waals surface area contributed by atoms with Gasteiger partial charge in [0, 0.05) is 23.3 Å². The van der Waals surface area contributed by atoms with E-state index in [4.69, 9.17) is 21.1 Å². The Balaban J connectivity index is 1.53. The lowest BCUT2D eigenvalue weighted by molar-refractivity contribution is 0.110. The molecule has 134 valence electrons. The van der Waals surface area contributed by atoms with E-state index >= 15 is 0 Å². The Morgan fingerprint density at radius 3 is 2.88 bits per heavy atom. The predicted octanol–water partition coefficient (Wildman–Crippen LogP) is 3.52. The van der Waals surface area contributed by atoms with E-state index in [0.717, 1.165) is 34.3 Å². The van der Waals surface area contributed by atoms with Crippen molar-refractivity contribution >= 4 is 17.3 Å². The molecule has 3 aromatic rings. The molecule has 2 heterocycles. The summed E-state index contributed by atoms with van der Waals surface area (Å²) in [6.07, 6.45) is 1.68. The minimum absolute atomic E-state index is 0.249. The summed E-state index contributed by atoms with van der Waals surface area (Å²) in [7, 11) is 1.67. The van der Waals surface area contributed by atoms with Crippen LogP contribution in [0.3, 0.4) is 0 Å². The van der Waals surface area contributed by atoms with Gasteiger partial charge in [0.25, 0.3) is 0 Å². The second-order valence-electron chi connectivity index (χ2n) is 6.09. The van der Waals surface area contributed by atoms with E-state index in [0.29, 0.717) is 13.2 Å². The zero-order chi connectivity index (χ0) is 17.9. The third kappa shape index (κ3) is 3.52. The lowest BCUT2D eigenvalue weighted by atomic mass is 10.2. The van der Waals surface area contributed by atoms with E-state index < -0.39 is 0 Å². The Labute approximate surface area is 156 Å². The zero-order valence-corrected chi connectivity index (χ0v) is 15.1. The topological polar surface area (TPSA) is 52.4 Å². The number of hydrogen-bond donors (Lipinski definition) is 0. The lowest BCUT2D eigenvalue weighted by Crippen LogP contribution is -2.23. The van der Waals surface area contributed by atoms with Crippen molar-refractivity contribution < 1.29 is 9.47 Å². The van der Waals surface area contributed by atoms with Crippen LogP contribution in [0.5, 0.6) is 5.75 Å². The molecule has 1 saturated heterocycles. The fraction of sp³-hybridized carbons (Fsp3) is 0.263. The molecule has 1 aromatic heterocycles. The van der Waals surface area contributed by atoms with Gasteiger partial charge in [-0.25, -0.2) is 4.68 Å². The van der Waals surface area contributed by atoms with Gasteiger partial charge < -0.3 is 14.4 Å². The number of aromatic nitrogens is 3. The van der Waals surface area contributed by atoms with Crippen molar-refractivity contribution in [2.75, 3.05) is 25.2 Å². The second kappa shape index (κ2) is 7.35. The maximum Gasteiger partial charge on any atom is 0.177 e. The van der Waals surface area contributed by atoms with Gasteiger partial charge in [-0.15, -0.1) is 5.10 Å². The highest BCUT2D eigenvalue weighted by Gasteiger charge is 2.29. The van der Waals surface area contributed by atoms with Gasteiger partial charge in [0.1, 0.15) is 11.4 Å². The fourth-order valence-electron chi connectivity index (χ4n) is 3.05. The van der Waals surface area contributed by atoms with E-state index in [1.807, 2.05) is 59.4 Å². The Morgan fingerprint density at radius 1 is 1.23 bits per heavy atom. The van der Waals surface area contributed by atoms with Crippen molar-refractivity contribution in [2.24, 2.45) is 0 Å². The molecule has 6 nitrogen and oxygen atoms in total. The molecule has 2 aromatic carbocycles. The average molecular weight is 371 g/mol. The van der Waals surface area contributed by atoms with Gasteiger partial charge in [0.2, 0.25) is 0 Å². The molecule has 26 heavy (non-hydrogen) atoms. The number of halogens is 1. The molecule has 1 atom stereocenters. The van der Waals surface area contributed by atoms with E-state index in [9.17, 15) is 0 Å². The molecule has 0 spiro atoms. The molecule has 1 aliphatic rings. The highest BCUT2D eigenvalue weighted by atomic mass is 35.5. The van der Waals surface area contributed by atoms with Crippen molar-refractivity contribution in [1.82, 2.24) is 15.0 Å². The van der Waals surface area contributed by atoms with Crippen LogP contribution in [-0.2, 0) is 11.3 Å². The van der Waals surface area contributed by atoms with Crippen LogP contribution in [0, 0.1) is 0 Å². The van der Waals surface area contributed by atoms with Crippen molar-refractivity contribution in [3.63, 3.8) is 0 Å². The largest absolute Gasteiger partial charge is 0.497 e. The first-order chi connectivity index (χ1) is 12.7. The average Bonchev–Trinajstić information content (AvgIpc) is 3.33. The van der Waals surface area contributed by atoms with Crippen molar-refractivity contribution in [3.05, 3.63) is 71.0 Å². The van der Waals surface area contributed by atoms with Crippen LogP contribution in [0.15, 0.2) is 54.7 Å². The highest BCUT2D eigenvalue weighted by molar-refractivity contribution is 6.30. The summed E-state index contributed by atoms with van der Waals surface area (Å²) >= 11 is 5.93. The fourth-order valence-corrected chi connectivity index (χ4v) is 3.18. The van der Waals surface area contributed by atoms with Crippen LogP contribution in [0.25, 0.3) is 0 Å². The van der Waals surface area contributed by atoms with Gasteiger partial charge in [0.15, 0.2) is 6.23 Å². The molecule has 4 rings (SSSR count). The minimum atomic E-state index is -0.249. The van der Waals surface area contributed by atoms with Gasteiger partial charge in [-0.2, -0.15) is 0 Å². The quantitative estimate of drug-likeness (QED) is 0.687. The van der Waals surface area contributed by atoms with Crippen molar-refractivity contribution in [1.29, 1.82) is 0 Å². The van der Waals surface area contributed by atoms with Gasteiger partial charge in [-0.1, -0.05) is 35.0 Å². The summed E-state index contributed by atoms with van der Waals surface area (Å²) < 4.78 is 13.0. The standard InChI is InChI=1S/C19H19ClN4O2/c1-25-17-4-2-3-16(11-17)24-9-10-26-19(24)18-13-23(22-21-18)12-14-5-7-15(20)8-6-14/h2-8,11,13,19H,9-10,12H2,1H3. The first kappa shape index (κ1) is 16.9. The van der Waals surface area contributed by atoms with Crippen LogP contribution < -0.4 is 9.64 Å². The maximum absolute atomic E-state index is 5.93. The van der Waals surface area contributed by atoms with Gasteiger partial charge in [0.05, 0.1) is 26.5 Å². The highest BCUT2D eigenvalue weighted by Crippen LogP contribution is 2.32. The van der Waals surface area contributed by atoms with Gasteiger partial charge in [-0.3, -0.25) is 0 Å². The Bertz CT molecular complexity index is 881. The smallest absolute Gasteiger partial charge is 0.177 e.